The lowest BCUT2D eigenvalue weighted by atomic mass is 10.2. The number of aromatic nitrogens is 1. The van der Waals surface area contributed by atoms with Crippen LogP contribution in [0.15, 0.2) is 24.5 Å². The molecule has 1 aromatic rings. The van der Waals surface area contributed by atoms with Crippen molar-refractivity contribution in [1.82, 2.24) is 4.57 Å². The SMILES string of the molecule is C[C@H](CC(N)=O)n1cccc1. The third kappa shape index (κ3) is 2.11. The van der Waals surface area contributed by atoms with E-state index in [9.17, 15) is 4.79 Å². The predicted molar refractivity (Wildman–Crippen MR) is 43.0 cm³/mol. The third-order valence-electron chi connectivity index (χ3n) is 1.63. The largest absolute Gasteiger partial charge is 0.370 e. The van der Waals surface area contributed by atoms with E-state index >= 15 is 0 Å². The van der Waals surface area contributed by atoms with Gasteiger partial charge in [0, 0.05) is 24.9 Å². The van der Waals surface area contributed by atoms with Gasteiger partial charge in [-0.3, -0.25) is 4.79 Å². The Morgan fingerprint density at radius 2 is 2.09 bits per heavy atom. The van der Waals surface area contributed by atoms with E-state index in [1.165, 1.54) is 0 Å². The van der Waals surface area contributed by atoms with Crippen LogP contribution in [-0.2, 0) is 4.79 Å². The first-order chi connectivity index (χ1) is 5.20. The Labute approximate surface area is 65.8 Å². The highest BCUT2D eigenvalue weighted by Crippen LogP contribution is 2.08. The maximum Gasteiger partial charge on any atom is 0.219 e. The fraction of sp³-hybridized carbons (Fsp3) is 0.375. The molecule has 0 radical (unpaired) electrons. The molecule has 1 atom stereocenters. The van der Waals surface area contributed by atoms with E-state index in [-0.39, 0.29) is 11.9 Å². The maximum atomic E-state index is 10.5. The standard InChI is InChI=1S/C8H12N2O/c1-7(6-8(9)11)10-4-2-3-5-10/h2-5,7H,6H2,1H3,(H2,9,11)/t7-/m1/s1. The first-order valence-corrected chi connectivity index (χ1v) is 3.61. The minimum absolute atomic E-state index is 0.169. The van der Waals surface area contributed by atoms with Gasteiger partial charge >= 0.3 is 0 Å². The van der Waals surface area contributed by atoms with Gasteiger partial charge in [-0.25, -0.2) is 0 Å². The van der Waals surface area contributed by atoms with Gasteiger partial charge in [-0.1, -0.05) is 0 Å². The first kappa shape index (κ1) is 7.85. The monoisotopic (exact) mass is 152 g/mol. The van der Waals surface area contributed by atoms with Gasteiger partial charge < -0.3 is 10.3 Å². The summed E-state index contributed by atoms with van der Waals surface area (Å²) in [6, 6.07) is 4.03. The van der Waals surface area contributed by atoms with Crippen LogP contribution >= 0.6 is 0 Å². The smallest absolute Gasteiger partial charge is 0.219 e. The molecule has 0 aliphatic heterocycles. The van der Waals surface area contributed by atoms with Gasteiger partial charge in [0.1, 0.15) is 0 Å². The Kier molecular flexibility index (Phi) is 2.31. The molecule has 0 unspecified atom stereocenters. The molecule has 60 valence electrons. The zero-order valence-electron chi connectivity index (χ0n) is 6.53. The average molecular weight is 152 g/mol. The van der Waals surface area contributed by atoms with Crippen molar-refractivity contribution < 1.29 is 4.79 Å². The average Bonchev–Trinajstić information content (AvgIpc) is 2.35. The van der Waals surface area contributed by atoms with Crippen LogP contribution in [0.25, 0.3) is 0 Å². The Morgan fingerprint density at radius 1 is 1.55 bits per heavy atom. The normalized spacial score (nSPS) is 12.8. The van der Waals surface area contributed by atoms with Crippen LogP contribution in [0.5, 0.6) is 0 Å². The molecule has 3 nitrogen and oxygen atoms in total. The zero-order valence-corrected chi connectivity index (χ0v) is 6.53. The second-order valence-electron chi connectivity index (χ2n) is 2.65. The fourth-order valence-electron chi connectivity index (χ4n) is 1.04. The molecule has 0 spiro atoms. The van der Waals surface area contributed by atoms with Gasteiger partial charge in [0.15, 0.2) is 0 Å². The summed E-state index contributed by atoms with van der Waals surface area (Å²) in [6.07, 6.45) is 4.25. The van der Waals surface area contributed by atoms with E-state index in [0.717, 1.165) is 0 Å². The van der Waals surface area contributed by atoms with Crippen molar-refractivity contribution in [2.45, 2.75) is 19.4 Å². The van der Waals surface area contributed by atoms with Crippen LogP contribution in [0.2, 0.25) is 0 Å². The van der Waals surface area contributed by atoms with Gasteiger partial charge in [-0.2, -0.15) is 0 Å². The summed E-state index contributed by atoms with van der Waals surface area (Å²) < 4.78 is 1.96. The summed E-state index contributed by atoms with van der Waals surface area (Å²) >= 11 is 0. The summed E-state index contributed by atoms with van der Waals surface area (Å²) in [6.45, 7) is 1.96. The van der Waals surface area contributed by atoms with Crippen molar-refractivity contribution in [3.63, 3.8) is 0 Å². The van der Waals surface area contributed by atoms with Gasteiger partial charge in [0.25, 0.3) is 0 Å². The number of carbonyl (C=O) groups is 1. The van der Waals surface area contributed by atoms with Crippen molar-refractivity contribution in [3.8, 4) is 0 Å². The van der Waals surface area contributed by atoms with Gasteiger partial charge in [0.05, 0.1) is 0 Å². The van der Waals surface area contributed by atoms with Gasteiger partial charge in [0.2, 0.25) is 5.91 Å². The molecular formula is C8H12N2O. The molecule has 1 aromatic heterocycles. The van der Waals surface area contributed by atoms with Crippen LogP contribution < -0.4 is 5.73 Å². The van der Waals surface area contributed by atoms with Crippen LogP contribution in [0.3, 0.4) is 0 Å². The Bertz CT molecular complexity index is 228. The first-order valence-electron chi connectivity index (χ1n) is 3.61. The van der Waals surface area contributed by atoms with Crippen LogP contribution in [0.1, 0.15) is 19.4 Å². The molecule has 0 aromatic carbocycles. The second kappa shape index (κ2) is 3.23. The van der Waals surface area contributed by atoms with Crippen molar-refractivity contribution in [2.24, 2.45) is 5.73 Å². The van der Waals surface area contributed by atoms with Gasteiger partial charge in [-0.05, 0) is 19.1 Å². The van der Waals surface area contributed by atoms with E-state index in [1.807, 2.05) is 36.0 Å². The molecule has 0 fully saturated rings. The quantitative estimate of drug-likeness (QED) is 0.688. The van der Waals surface area contributed by atoms with E-state index in [2.05, 4.69) is 0 Å². The fourth-order valence-corrected chi connectivity index (χ4v) is 1.04. The molecule has 0 aliphatic rings. The van der Waals surface area contributed by atoms with E-state index in [1.54, 1.807) is 0 Å². The molecule has 11 heavy (non-hydrogen) atoms. The Hall–Kier alpha value is -1.25. The number of carbonyl (C=O) groups excluding carboxylic acids is 1. The molecule has 0 bridgehead atoms. The summed E-state index contributed by atoms with van der Waals surface area (Å²) in [4.78, 5) is 10.5. The lowest BCUT2D eigenvalue weighted by molar-refractivity contribution is -0.118. The molecule has 3 heteroatoms. The summed E-state index contributed by atoms with van der Waals surface area (Å²) in [5.41, 5.74) is 5.05. The number of primary amides is 1. The Balaban J connectivity index is 2.56. The highest BCUT2D eigenvalue weighted by Gasteiger charge is 2.05. The molecule has 2 N–H and O–H groups in total. The molecule has 0 saturated carbocycles. The minimum Gasteiger partial charge on any atom is -0.370 e. The van der Waals surface area contributed by atoms with Crippen molar-refractivity contribution in [1.29, 1.82) is 0 Å². The summed E-state index contributed by atoms with van der Waals surface area (Å²) in [5.74, 6) is -0.258. The van der Waals surface area contributed by atoms with Crippen molar-refractivity contribution >= 4 is 5.91 Å². The number of nitrogens with two attached hydrogens (primary N) is 1. The molecule has 1 heterocycles. The summed E-state index contributed by atoms with van der Waals surface area (Å²) in [5, 5.41) is 0. The van der Waals surface area contributed by atoms with Gasteiger partial charge in [-0.15, -0.1) is 0 Å². The van der Waals surface area contributed by atoms with E-state index in [0.29, 0.717) is 6.42 Å². The van der Waals surface area contributed by atoms with E-state index in [4.69, 9.17) is 5.73 Å². The molecule has 0 aliphatic carbocycles. The van der Waals surface area contributed by atoms with E-state index < -0.39 is 0 Å². The second-order valence-corrected chi connectivity index (χ2v) is 2.65. The van der Waals surface area contributed by atoms with Crippen molar-refractivity contribution in [3.05, 3.63) is 24.5 Å². The maximum absolute atomic E-state index is 10.5. The van der Waals surface area contributed by atoms with Crippen molar-refractivity contribution in [2.75, 3.05) is 0 Å². The lowest BCUT2D eigenvalue weighted by Gasteiger charge is -2.10. The topological polar surface area (TPSA) is 48.0 Å². The van der Waals surface area contributed by atoms with Crippen LogP contribution in [0.4, 0.5) is 0 Å². The third-order valence-corrected chi connectivity index (χ3v) is 1.63. The zero-order chi connectivity index (χ0) is 8.27. The molecular weight excluding hydrogens is 140 g/mol. The highest BCUT2D eigenvalue weighted by atomic mass is 16.1. The number of rotatable bonds is 3. The summed E-state index contributed by atoms with van der Waals surface area (Å²) in [7, 11) is 0. The molecule has 0 saturated heterocycles. The lowest BCUT2D eigenvalue weighted by Crippen LogP contribution is -2.16. The Morgan fingerprint density at radius 3 is 2.55 bits per heavy atom. The number of hydrogen-bond donors (Lipinski definition) is 1. The minimum atomic E-state index is -0.258. The molecule has 1 amide bonds. The number of hydrogen-bond acceptors (Lipinski definition) is 1. The number of nitrogens with zero attached hydrogens (tertiary/aromatic N) is 1. The molecule has 1 rings (SSSR count). The number of amides is 1. The van der Waals surface area contributed by atoms with Crippen LogP contribution in [0, 0.1) is 0 Å². The predicted octanol–water partition coefficient (Wildman–Crippen LogP) is 0.924. The van der Waals surface area contributed by atoms with Crippen LogP contribution in [-0.4, -0.2) is 10.5 Å². The highest BCUT2D eigenvalue weighted by molar-refractivity contribution is 5.74.